The zero-order valence-electron chi connectivity index (χ0n) is 14.7. The number of hydrogen-bond donors (Lipinski definition) is 0. The molecule has 0 saturated carbocycles. The highest BCUT2D eigenvalue weighted by atomic mass is 16.5. The molecule has 5 rings (SSSR count). The number of ether oxygens (including phenoxy) is 2. The predicted octanol–water partition coefficient (Wildman–Crippen LogP) is 4.76. The number of benzene rings is 3. The molecule has 122 valence electrons. The van der Waals surface area contributed by atoms with Crippen molar-refractivity contribution in [3.05, 3.63) is 71.8 Å². The molecular formula is C22H19BO2. The number of rotatable bonds is 1. The summed E-state index contributed by atoms with van der Waals surface area (Å²) in [5, 5.41) is 2.39. The van der Waals surface area contributed by atoms with Crippen LogP contribution >= 0.6 is 0 Å². The number of fused-ring (bicyclic) bond motifs is 2. The van der Waals surface area contributed by atoms with Crippen LogP contribution in [-0.2, 0) is 10.2 Å². The minimum atomic E-state index is -0.386. The molecule has 2 heterocycles. The van der Waals surface area contributed by atoms with Gasteiger partial charge in [0.15, 0.2) is 7.85 Å². The van der Waals surface area contributed by atoms with Gasteiger partial charge in [-0.15, -0.1) is 0 Å². The van der Waals surface area contributed by atoms with E-state index < -0.39 is 0 Å². The van der Waals surface area contributed by atoms with Crippen molar-refractivity contribution in [1.82, 2.24) is 0 Å². The van der Waals surface area contributed by atoms with Crippen LogP contribution in [-0.4, -0.2) is 14.0 Å². The van der Waals surface area contributed by atoms with Gasteiger partial charge < -0.3 is 9.47 Å². The first-order valence-electron chi connectivity index (χ1n) is 8.77. The third kappa shape index (κ3) is 2.09. The summed E-state index contributed by atoms with van der Waals surface area (Å²) in [5.41, 5.74) is 4.42. The Balaban J connectivity index is 1.72. The van der Waals surface area contributed by atoms with E-state index in [9.17, 15) is 0 Å². The van der Waals surface area contributed by atoms with E-state index in [0.717, 1.165) is 22.6 Å². The van der Waals surface area contributed by atoms with Crippen molar-refractivity contribution in [1.29, 1.82) is 0 Å². The van der Waals surface area contributed by atoms with Gasteiger partial charge in [-0.2, -0.15) is 0 Å². The minimum absolute atomic E-state index is 0.154. The molecule has 0 spiro atoms. The van der Waals surface area contributed by atoms with Crippen LogP contribution in [0.25, 0.3) is 21.9 Å². The molecule has 2 atom stereocenters. The monoisotopic (exact) mass is 326 g/mol. The summed E-state index contributed by atoms with van der Waals surface area (Å²) in [4.78, 5) is 0. The molecule has 2 unspecified atom stereocenters. The fourth-order valence-corrected chi connectivity index (χ4v) is 4.07. The molecule has 3 aromatic rings. The molecule has 0 radical (unpaired) electrons. The second kappa shape index (κ2) is 4.99. The predicted molar refractivity (Wildman–Crippen MR) is 104 cm³/mol. The standard InChI is InChI=1S/C22H19BO2/c1-13-12-22(23,25-14(13)2)16-9-10-19-18(11-16)17-7-3-5-15-6-4-8-20(24-19)21(15)17/h3-12,14H,23H2,1-2H3. The SMILES string of the molecule is BC1(c2ccc3c(c2)-c2cccc4cccc(c24)O3)C=C(C)C(C)O1. The summed E-state index contributed by atoms with van der Waals surface area (Å²) < 4.78 is 12.4. The van der Waals surface area contributed by atoms with Crippen LogP contribution in [0.1, 0.15) is 19.4 Å². The molecule has 25 heavy (non-hydrogen) atoms. The van der Waals surface area contributed by atoms with Crippen LogP contribution < -0.4 is 4.74 Å². The van der Waals surface area contributed by atoms with Gasteiger partial charge >= 0.3 is 0 Å². The Kier molecular flexibility index (Phi) is 2.96. The second-order valence-corrected chi connectivity index (χ2v) is 7.23. The van der Waals surface area contributed by atoms with Gasteiger partial charge in [-0.1, -0.05) is 42.5 Å². The zero-order chi connectivity index (χ0) is 17.2. The van der Waals surface area contributed by atoms with Crippen molar-refractivity contribution in [2.45, 2.75) is 25.5 Å². The Morgan fingerprint density at radius 1 is 0.960 bits per heavy atom. The second-order valence-electron chi connectivity index (χ2n) is 7.23. The minimum Gasteiger partial charge on any atom is -0.456 e. The van der Waals surface area contributed by atoms with Gasteiger partial charge in [0.05, 0.1) is 11.6 Å². The van der Waals surface area contributed by atoms with Crippen LogP contribution in [0.4, 0.5) is 0 Å². The normalized spacial score (nSPS) is 23.9. The van der Waals surface area contributed by atoms with Gasteiger partial charge in [0.25, 0.3) is 0 Å². The summed E-state index contributed by atoms with van der Waals surface area (Å²) in [6.07, 6.45) is 2.39. The van der Waals surface area contributed by atoms with Crippen molar-refractivity contribution in [3.8, 4) is 22.6 Å². The lowest BCUT2D eigenvalue weighted by atomic mass is 9.74. The van der Waals surface area contributed by atoms with Gasteiger partial charge in [0, 0.05) is 10.9 Å². The van der Waals surface area contributed by atoms with Crippen molar-refractivity contribution >= 4 is 18.6 Å². The summed E-state index contributed by atoms with van der Waals surface area (Å²) >= 11 is 0. The summed E-state index contributed by atoms with van der Waals surface area (Å²) in [6.45, 7) is 4.24. The molecule has 0 N–H and O–H groups in total. The highest BCUT2D eigenvalue weighted by molar-refractivity contribution is 6.17. The first-order chi connectivity index (χ1) is 12.0. The molecule has 2 aliphatic heterocycles. The zero-order valence-corrected chi connectivity index (χ0v) is 14.7. The van der Waals surface area contributed by atoms with E-state index in [4.69, 9.17) is 9.47 Å². The average Bonchev–Trinajstić information content (AvgIpc) is 2.88. The van der Waals surface area contributed by atoms with Crippen LogP contribution in [0.5, 0.6) is 11.5 Å². The molecule has 0 bridgehead atoms. The van der Waals surface area contributed by atoms with E-state index in [-0.39, 0.29) is 11.6 Å². The van der Waals surface area contributed by atoms with Gasteiger partial charge in [-0.3, -0.25) is 0 Å². The lowest BCUT2D eigenvalue weighted by Crippen LogP contribution is -2.26. The van der Waals surface area contributed by atoms with Gasteiger partial charge in [0.1, 0.15) is 11.5 Å². The number of hydrogen-bond acceptors (Lipinski definition) is 2. The van der Waals surface area contributed by atoms with Crippen molar-refractivity contribution in [3.63, 3.8) is 0 Å². The lowest BCUT2D eigenvalue weighted by Gasteiger charge is -2.27. The van der Waals surface area contributed by atoms with Crippen molar-refractivity contribution in [2.24, 2.45) is 0 Å². The molecule has 0 saturated heterocycles. The summed E-state index contributed by atoms with van der Waals surface area (Å²) in [5.74, 6) is 1.84. The molecule has 2 nitrogen and oxygen atoms in total. The molecule has 0 aromatic heterocycles. The third-order valence-corrected chi connectivity index (χ3v) is 5.50. The molecular weight excluding hydrogens is 307 g/mol. The summed E-state index contributed by atoms with van der Waals surface area (Å²) in [6, 6.07) is 19.1. The molecule has 3 aromatic carbocycles. The van der Waals surface area contributed by atoms with Crippen molar-refractivity contribution < 1.29 is 9.47 Å². The molecule has 0 fully saturated rings. The Labute approximate surface area is 148 Å². The summed E-state index contributed by atoms with van der Waals surface area (Å²) in [7, 11) is 2.14. The van der Waals surface area contributed by atoms with E-state index in [0.29, 0.717) is 0 Å². The van der Waals surface area contributed by atoms with Crippen LogP contribution in [0.2, 0.25) is 0 Å². The first kappa shape index (κ1) is 14.8. The smallest absolute Gasteiger partial charge is 0.154 e. The van der Waals surface area contributed by atoms with E-state index >= 15 is 0 Å². The van der Waals surface area contributed by atoms with E-state index in [1.165, 1.54) is 21.9 Å². The molecule has 0 aliphatic carbocycles. The molecule has 3 heteroatoms. The molecule has 0 amide bonds. The molecule has 2 aliphatic rings. The van der Waals surface area contributed by atoms with Crippen molar-refractivity contribution in [2.75, 3.05) is 0 Å². The average molecular weight is 326 g/mol. The lowest BCUT2D eigenvalue weighted by molar-refractivity contribution is 0.0362. The van der Waals surface area contributed by atoms with E-state index in [1.807, 2.05) is 12.1 Å². The maximum Gasteiger partial charge on any atom is 0.154 e. The van der Waals surface area contributed by atoms with Gasteiger partial charge in [-0.25, -0.2) is 0 Å². The van der Waals surface area contributed by atoms with Crippen LogP contribution in [0.15, 0.2) is 66.2 Å². The maximum absolute atomic E-state index is 6.25. The topological polar surface area (TPSA) is 18.5 Å². The Morgan fingerprint density at radius 2 is 1.76 bits per heavy atom. The fourth-order valence-electron chi connectivity index (χ4n) is 4.07. The Bertz CT molecular complexity index is 1050. The highest BCUT2D eigenvalue weighted by Gasteiger charge is 2.34. The third-order valence-electron chi connectivity index (χ3n) is 5.50. The van der Waals surface area contributed by atoms with Crippen LogP contribution in [0.3, 0.4) is 0 Å². The van der Waals surface area contributed by atoms with Gasteiger partial charge in [0.2, 0.25) is 0 Å². The fraction of sp³-hybridized carbons (Fsp3) is 0.182. The van der Waals surface area contributed by atoms with E-state index in [2.05, 4.69) is 70.2 Å². The Hall–Kier alpha value is -2.52. The maximum atomic E-state index is 6.25. The first-order valence-corrected chi connectivity index (χ1v) is 8.77. The largest absolute Gasteiger partial charge is 0.456 e. The highest BCUT2D eigenvalue weighted by Crippen LogP contribution is 2.48. The Morgan fingerprint density at radius 3 is 2.52 bits per heavy atom. The van der Waals surface area contributed by atoms with Gasteiger partial charge in [-0.05, 0) is 54.1 Å². The quantitative estimate of drug-likeness (QED) is 0.371. The van der Waals surface area contributed by atoms with Crippen LogP contribution in [0, 0.1) is 0 Å². The van der Waals surface area contributed by atoms with E-state index in [1.54, 1.807) is 0 Å².